The van der Waals surface area contributed by atoms with Crippen molar-refractivity contribution in [3.63, 3.8) is 0 Å². The van der Waals surface area contributed by atoms with Crippen LogP contribution >= 0.6 is 23.2 Å². The van der Waals surface area contributed by atoms with Crippen molar-refractivity contribution in [1.82, 2.24) is 14.5 Å². The summed E-state index contributed by atoms with van der Waals surface area (Å²) in [5.74, 6) is -0.374. The normalized spacial score (nSPS) is 15.0. The van der Waals surface area contributed by atoms with E-state index in [0.29, 0.717) is 15.6 Å². The number of carbonyl (C=O) groups is 1. The van der Waals surface area contributed by atoms with E-state index >= 15 is 0 Å². The topological polar surface area (TPSA) is 105 Å². The molecule has 1 fully saturated rings. The second-order valence-electron chi connectivity index (χ2n) is 7.86. The third kappa shape index (κ3) is 5.38. The molecule has 1 N–H and O–H groups in total. The summed E-state index contributed by atoms with van der Waals surface area (Å²) in [5.41, 5.74) is 0.761. The van der Waals surface area contributed by atoms with Crippen LogP contribution in [0.25, 0.3) is 11.5 Å². The van der Waals surface area contributed by atoms with Gasteiger partial charge in [-0.05, 0) is 55.3 Å². The van der Waals surface area contributed by atoms with Crippen LogP contribution in [0.3, 0.4) is 0 Å². The third-order valence-electron chi connectivity index (χ3n) is 5.64. The summed E-state index contributed by atoms with van der Waals surface area (Å²) in [4.78, 5) is 12.7. The number of hydrogen-bond donors (Lipinski definition) is 1. The van der Waals surface area contributed by atoms with Crippen LogP contribution in [0.15, 0.2) is 51.8 Å². The molecule has 1 aliphatic carbocycles. The number of halogens is 2. The first kappa shape index (κ1) is 23.7. The number of rotatable bonds is 6. The first-order chi connectivity index (χ1) is 15.7. The quantitative estimate of drug-likeness (QED) is 0.487. The number of nitrogens with one attached hydrogen (secondary N) is 1. The molecule has 1 saturated carbocycles. The van der Waals surface area contributed by atoms with Crippen LogP contribution in [0.5, 0.6) is 0 Å². The van der Waals surface area contributed by atoms with Crippen LogP contribution < -0.4 is 5.32 Å². The number of sulfonamides is 1. The molecule has 1 heterocycles. The maximum absolute atomic E-state index is 13.0. The van der Waals surface area contributed by atoms with Gasteiger partial charge in [-0.3, -0.25) is 10.1 Å². The summed E-state index contributed by atoms with van der Waals surface area (Å²) in [6.07, 6.45) is 4.94. The first-order valence-corrected chi connectivity index (χ1v) is 12.6. The summed E-state index contributed by atoms with van der Waals surface area (Å²) in [6, 6.07) is 10.4. The number of anilines is 1. The predicted octanol–water partition coefficient (Wildman–Crippen LogP) is 5.25. The van der Waals surface area contributed by atoms with E-state index in [2.05, 4.69) is 15.5 Å². The molecule has 1 aliphatic rings. The fourth-order valence-electron chi connectivity index (χ4n) is 3.82. The highest BCUT2D eigenvalue weighted by Crippen LogP contribution is 2.28. The smallest absolute Gasteiger partial charge is 0.322 e. The molecule has 11 heteroatoms. The molecule has 0 spiro atoms. The van der Waals surface area contributed by atoms with Crippen molar-refractivity contribution >= 4 is 45.1 Å². The third-order valence-corrected chi connectivity index (χ3v) is 8.00. The summed E-state index contributed by atoms with van der Waals surface area (Å²) < 4.78 is 32.8. The minimum absolute atomic E-state index is 0.00725. The molecule has 4 rings (SSSR count). The van der Waals surface area contributed by atoms with Gasteiger partial charge in [0.1, 0.15) is 0 Å². The van der Waals surface area contributed by atoms with Crippen LogP contribution in [0.2, 0.25) is 10.0 Å². The van der Waals surface area contributed by atoms with Gasteiger partial charge >= 0.3 is 6.01 Å². The van der Waals surface area contributed by atoms with Crippen LogP contribution in [-0.2, 0) is 10.0 Å². The standard InChI is InChI=1S/C22H22Cl2N4O4S/c1-28(18-5-3-2-4-6-18)33(30,31)19-9-7-14(8-10-19)20(29)25-22-27-26-21(32-22)15-11-16(23)13-17(24)12-15/h7-13,18H,2-6H2,1H3,(H,25,27,29). The lowest BCUT2D eigenvalue weighted by molar-refractivity contribution is 0.102. The van der Waals surface area contributed by atoms with E-state index in [1.807, 2.05) is 0 Å². The second kappa shape index (κ2) is 9.80. The van der Waals surface area contributed by atoms with Crippen LogP contribution in [0.4, 0.5) is 6.01 Å². The predicted molar refractivity (Wildman–Crippen MR) is 126 cm³/mol. The minimum atomic E-state index is -3.64. The molecule has 33 heavy (non-hydrogen) atoms. The maximum atomic E-state index is 13.0. The Balaban J connectivity index is 1.45. The number of aromatic nitrogens is 2. The van der Waals surface area contributed by atoms with Gasteiger partial charge in [-0.1, -0.05) is 47.6 Å². The highest BCUT2D eigenvalue weighted by Gasteiger charge is 2.29. The van der Waals surface area contributed by atoms with Crippen molar-refractivity contribution in [3.05, 3.63) is 58.1 Å². The molecule has 2 aromatic carbocycles. The molecule has 0 saturated heterocycles. The van der Waals surface area contributed by atoms with Gasteiger partial charge in [0.2, 0.25) is 15.9 Å². The lowest BCUT2D eigenvalue weighted by Crippen LogP contribution is -2.38. The van der Waals surface area contributed by atoms with Gasteiger partial charge in [0.25, 0.3) is 5.91 Å². The molecule has 0 atom stereocenters. The zero-order chi connectivity index (χ0) is 23.6. The average Bonchev–Trinajstić information content (AvgIpc) is 3.27. The zero-order valence-corrected chi connectivity index (χ0v) is 20.1. The highest BCUT2D eigenvalue weighted by molar-refractivity contribution is 7.89. The first-order valence-electron chi connectivity index (χ1n) is 10.4. The van der Waals surface area contributed by atoms with Crippen molar-refractivity contribution < 1.29 is 17.6 Å². The molecule has 0 aliphatic heterocycles. The van der Waals surface area contributed by atoms with E-state index < -0.39 is 15.9 Å². The lowest BCUT2D eigenvalue weighted by Gasteiger charge is -2.30. The lowest BCUT2D eigenvalue weighted by atomic mass is 9.96. The Morgan fingerprint density at radius 1 is 1.03 bits per heavy atom. The fourth-order valence-corrected chi connectivity index (χ4v) is 5.76. The Labute approximate surface area is 201 Å². The Kier molecular flexibility index (Phi) is 7.04. The highest BCUT2D eigenvalue weighted by atomic mass is 35.5. The summed E-state index contributed by atoms with van der Waals surface area (Å²) >= 11 is 12.0. The van der Waals surface area contributed by atoms with Crippen molar-refractivity contribution in [2.45, 2.75) is 43.0 Å². The number of nitrogens with zero attached hydrogens (tertiary/aromatic N) is 3. The van der Waals surface area contributed by atoms with Gasteiger partial charge in [0, 0.05) is 34.3 Å². The monoisotopic (exact) mass is 508 g/mol. The Hall–Kier alpha value is -2.46. The molecule has 0 radical (unpaired) electrons. The number of carbonyl (C=O) groups excluding carboxylic acids is 1. The van der Waals surface area contributed by atoms with Crippen molar-refractivity contribution in [2.24, 2.45) is 0 Å². The molecule has 0 unspecified atom stereocenters. The summed E-state index contributed by atoms with van der Waals surface area (Å²) in [5, 5.41) is 11.0. The van der Waals surface area contributed by atoms with Gasteiger partial charge in [-0.2, -0.15) is 4.31 Å². The molecule has 0 bridgehead atoms. The molecular formula is C22H22Cl2N4O4S. The molecule has 8 nitrogen and oxygen atoms in total. The van der Waals surface area contributed by atoms with E-state index in [9.17, 15) is 13.2 Å². The molecule has 1 amide bonds. The Morgan fingerprint density at radius 2 is 1.67 bits per heavy atom. The van der Waals surface area contributed by atoms with Gasteiger partial charge < -0.3 is 4.42 Å². The summed E-state index contributed by atoms with van der Waals surface area (Å²) in [7, 11) is -2.02. The number of hydrogen-bond acceptors (Lipinski definition) is 6. The SMILES string of the molecule is CN(C1CCCCC1)S(=O)(=O)c1ccc(C(=O)Nc2nnc(-c3cc(Cl)cc(Cl)c3)o2)cc1. The van der Waals surface area contributed by atoms with Gasteiger partial charge in [-0.15, -0.1) is 5.10 Å². The average molecular weight is 509 g/mol. The van der Waals surface area contributed by atoms with E-state index in [1.165, 1.54) is 28.6 Å². The van der Waals surface area contributed by atoms with Crippen molar-refractivity contribution in [2.75, 3.05) is 12.4 Å². The van der Waals surface area contributed by atoms with E-state index in [0.717, 1.165) is 32.1 Å². The zero-order valence-electron chi connectivity index (χ0n) is 17.8. The molecule has 1 aromatic heterocycles. The van der Waals surface area contributed by atoms with Gasteiger partial charge in [0.05, 0.1) is 4.90 Å². The fraction of sp³-hybridized carbons (Fsp3) is 0.318. The van der Waals surface area contributed by atoms with Crippen LogP contribution in [0, 0.1) is 0 Å². The molecular weight excluding hydrogens is 487 g/mol. The number of benzene rings is 2. The van der Waals surface area contributed by atoms with Crippen molar-refractivity contribution in [1.29, 1.82) is 0 Å². The minimum Gasteiger partial charge on any atom is -0.403 e. The number of amides is 1. The second-order valence-corrected chi connectivity index (χ2v) is 10.7. The summed E-state index contributed by atoms with van der Waals surface area (Å²) in [6.45, 7) is 0. The van der Waals surface area contributed by atoms with Crippen LogP contribution in [-0.4, -0.2) is 41.9 Å². The van der Waals surface area contributed by atoms with Gasteiger partial charge in [-0.25, -0.2) is 8.42 Å². The molecule has 174 valence electrons. The van der Waals surface area contributed by atoms with Crippen molar-refractivity contribution in [3.8, 4) is 11.5 Å². The van der Waals surface area contributed by atoms with Crippen LogP contribution in [0.1, 0.15) is 42.5 Å². The maximum Gasteiger partial charge on any atom is 0.322 e. The Bertz CT molecular complexity index is 1240. The van der Waals surface area contributed by atoms with E-state index in [1.54, 1.807) is 25.2 Å². The largest absolute Gasteiger partial charge is 0.403 e. The Morgan fingerprint density at radius 3 is 2.30 bits per heavy atom. The molecule has 3 aromatic rings. The van der Waals surface area contributed by atoms with E-state index in [-0.39, 0.29) is 28.4 Å². The van der Waals surface area contributed by atoms with E-state index in [4.69, 9.17) is 27.6 Å². The van der Waals surface area contributed by atoms with Gasteiger partial charge in [0.15, 0.2) is 0 Å².